The lowest BCUT2D eigenvalue weighted by Gasteiger charge is -2.24. The lowest BCUT2D eigenvalue weighted by atomic mass is 9.98. The van der Waals surface area contributed by atoms with Gasteiger partial charge in [0, 0.05) is 0 Å². The van der Waals surface area contributed by atoms with Gasteiger partial charge in [0.05, 0.1) is 12.7 Å². The summed E-state index contributed by atoms with van der Waals surface area (Å²) in [6, 6.07) is 0. The molecule has 0 aromatic carbocycles. The van der Waals surface area contributed by atoms with E-state index in [9.17, 15) is 0 Å². The predicted octanol–water partition coefficient (Wildman–Crippen LogP) is 3.87. The standard InChI is InChI=1S/C12H26O/c1-7-11(8-10(2)3)13-9-12(4,5)6/h10-11H,7-9H2,1-6H3. The first-order chi connectivity index (χ1) is 5.85. The Labute approximate surface area is 83.9 Å². The van der Waals surface area contributed by atoms with Crippen molar-refractivity contribution in [3.8, 4) is 0 Å². The van der Waals surface area contributed by atoms with E-state index >= 15 is 0 Å². The molecule has 0 spiro atoms. The van der Waals surface area contributed by atoms with E-state index in [1.54, 1.807) is 0 Å². The first-order valence-corrected chi connectivity index (χ1v) is 5.46. The molecule has 0 N–H and O–H groups in total. The maximum Gasteiger partial charge on any atom is 0.0575 e. The minimum Gasteiger partial charge on any atom is -0.378 e. The zero-order valence-corrected chi connectivity index (χ0v) is 10.2. The van der Waals surface area contributed by atoms with Gasteiger partial charge < -0.3 is 4.74 Å². The minimum absolute atomic E-state index is 0.296. The predicted molar refractivity (Wildman–Crippen MR) is 58.9 cm³/mol. The highest BCUT2D eigenvalue weighted by molar-refractivity contribution is 4.64. The summed E-state index contributed by atoms with van der Waals surface area (Å²) < 4.78 is 5.87. The third-order valence-corrected chi connectivity index (χ3v) is 1.94. The summed E-state index contributed by atoms with van der Waals surface area (Å²) in [5.74, 6) is 0.741. The number of hydrogen-bond acceptors (Lipinski definition) is 1. The molecule has 0 fully saturated rings. The summed E-state index contributed by atoms with van der Waals surface area (Å²) in [6.07, 6.45) is 2.78. The molecule has 0 radical (unpaired) electrons. The van der Waals surface area contributed by atoms with Crippen LogP contribution in [0.1, 0.15) is 54.4 Å². The Bertz CT molecular complexity index is 122. The number of ether oxygens (including phenoxy) is 1. The Balaban J connectivity index is 3.72. The van der Waals surface area contributed by atoms with Gasteiger partial charge in [-0.2, -0.15) is 0 Å². The molecule has 0 saturated carbocycles. The van der Waals surface area contributed by atoms with Gasteiger partial charge in [-0.1, -0.05) is 41.5 Å². The van der Waals surface area contributed by atoms with E-state index in [4.69, 9.17) is 4.74 Å². The minimum atomic E-state index is 0.296. The zero-order chi connectivity index (χ0) is 10.5. The van der Waals surface area contributed by atoms with Gasteiger partial charge in [0.15, 0.2) is 0 Å². The summed E-state index contributed by atoms with van der Waals surface area (Å²) in [4.78, 5) is 0. The Hall–Kier alpha value is -0.0400. The second kappa shape index (κ2) is 5.64. The van der Waals surface area contributed by atoms with Crippen molar-refractivity contribution in [3.05, 3.63) is 0 Å². The topological polar surface area (TPSA) is 9.23 Å². The van der Waals surface area contributed by atoms with Crippen molar-refractivity contribution < 1.29 is 4.74 Å². The van der Waals surface area contributed by atoms with Crippen LogP contribution in [-0.2, 0) is 4.74 Å². The van der Waals surface area contributed by atoms with Gasteiger partial charge in [0.1, 0.15) is 0 Å². The summed E-state index contributed by atoms with van der Waals surface area (Å²) in [6.45, 7) is 14.2. The largest absolute Gasteiger partial charge is 0.378 e. The highest BCUT2D eigenvalue weighted by atomic mass is 16.5. The van der Waals surface area contributed by atoms with E-state index in [0.717, 1.165) is 18.9 Å². The van der Waals surface area contributed by atoms with Gasteiger partial charge in [0.2, 0.25) is 0 Å². The van der Waals surface area contributed by atoms with E-state index in [0.29, 0.717) is 11.5 Å². The van der Waals surface area contributed by atoms with Crippen LogP contribution in [0.25, 0.3) is 0 Å². The average Bonchev–Trinajstić information content (AvgIpc) is 1.95. The molecular formula is C12H26O. The molecule has 0 aromatic rings. The van der Waals surface area contributed by atoms with Gasteiger partial charge in [-0.25, -0.2) is 0 Å². The molecule has 80 valence electrons. The van der Waals surface area contributed by atoms with E-state index in [-0.39, 0.29) is 0 Å². The molecular weight excluding hydrogens is 160 g/mol. The summed E-state index contributed by atoms with van der Waals surface area (Å²) in [5, 5.41) is 0. The second-order valence-corrected chi connectivity index (χ2v) is 5.53. The van der Waals surface area contributed by atoms with Crippen LogP contribution >= 0.6 is 0 Å². The number of hydrogen-bond donors (Lipinski definition) is 0. The monoisotopic (exact) mass is 186 g/mol. The fourth-order valence-corrected chi connectivity index (χ4v) is 1.25. The molecule has 0 aliphatic carbocycles. The molecule has 0 saturated heterocycles. The first-order valence-electron chi connectivity index (χ1n) is 5.46. The van der Waals surface area contributed by atoms with Crippen LogP contribution in [0, 0.1) is 11.3 Å². The van der Waals surface area contributed by atoms with Crippen molar-refractivity contribution in [1.82, 2.24) is 0 Å². The summed E-state index contributed by atoms with van der Waals surface area (Å²) in [5.41, 5.74) is 0.296. The molecule has 1 unspecified atom stereocenters. The van der Waals surface area contributed by atoms with Crippen LogP contribution < -0.4 is 0 Å². The molecule has 0 aliphatic rings. The summed E-state index contributed by atoms with van der Waals surface area (Å²) >= 11 is 0. The van der Waals surface area contributed by atoms with Crippen molar-refractivity contribution in [3.63, 3.8) is 0 Å². The Morgan fingerprint density at radius 3 is 2.00 bits per heavy atom. The fourth-order valence-electron chi connectivity index (χ4n) is 1.25. The molecule has 0 bridgehead atoms. The van der Waals surface area contributed by atoms with Crippen molar-refractivity contribution in [1.29, 1.82) is 0 Å². The van der Waals surface area contributed by atoms with Gasteiger partial charge in [-0.15, -0.1) is 0 Å². The first kappa shape index (κ1) is 13.0. The molecule has 0 heterocycles. The van der Waals surface area contributed by atoms with E-state index in [2.05, 4.69) is 41.5 Å². The Morgan fingerprint density at radius 1 is 1.15 bits per heavy atom. The molecule has 13 heavy (non-hydrogen) atoms. The van der Waals surface area contributed by atoms with Gasteiger partial charge in [0.25, 0.3) is 0 Å². The lowest BCUT2D eigenvalue weighted by molar-refractivity contribution is -0.00332. The highest BCUT2D eigenvalue weighted by Gasteiger charge is 2.15. The smallest absolute Gasteiger partial charge is 0.0575 e. The molecule has 1 heteroatoms. The Kier molecular flexibility index (Phi) is 5.62. The van der Waals surface area contributed by atoms with E-state index in [1.165, 1.54) is 6.42 Å². The van der Waals surface area contributed by atoms with E-state index < -0.39 is 0 Å². The zero-order valence-electron chi connectivity index (χ0n) is 10.2. The lowest BCUT2D eigenvalue weighted by Crippen LogP contribution is -2.22. The molecule has 0 amide bonds. The van der Waals surface area contributed by atoms with Crippen LogP contribution in [0.15, 0.2) is 0 Å². The molecule has 0 rings (SSSR count). The SMILES string of the molecule is CCC(CC(C)C)OCC(C)(C)C. The van der Waals surface area contributed by atoms with Crippen molar-refractivity contribution in [2.45, 2.75) is 60.5 Å². The second-order valence-electron chi connectivity index (χ2n) is 5.53. The highest BCUT2D eigenvalue weighted by Crippen LogP contribution is 2.18. The van der Waals surface area contributed by atoms with Crippen molar-refractivity contribution in [2.75, 3.05) is 6.61 Å². The molecule has 0 aromatic heterocycles. The maximum absolute atomic E-state index is 5.87. The molecule has 1 atom stereocenters. The average molecular weight is 186 g/mol. The van der Waals surface area contributed by atoms with Crippen LogP contribution in [0.4, 0.5) is 0 Å². The fraction of sp³-hybridized carbons (Fsp3) is 1.00. The third-order valence-electron chi connectivity index (χ3n) is 1.94. The molecule has 0 aliphatic heterocycles. The van der Waals surface area contributed by atoms with Crippen molar-refractivity contribution >= 4 is 0 Å². The van der Waals surface area contributed by atoms with Crippen LogP contribution in [0.3, 0.4) is 0 Å². The van der Waals surface area contributed by atoms with Gasteiger partial charge in [-0.3, -0.25) is 0 Å². The maximum atomic E-state index is 5.87. The summed E-state index contributed by atoms with van der Waals surface area (Å²) in [7, 11) is 0. The number of rotatable bonds is 5. The van der Waals surface area contributed by atoms with Crippen molar-refractivity contribution in [2.24, 2.45) is 11.3 Å². The molecule has 1 nitrogen and oxygen atoms in total. The van der Waals surface area contributed by atoms with Crippen LogP contribution in [0.5, 0.6) is 0 Å². The van der Waals surface area contributed by atoms with Gasteiger partial charge >= 0.3 is 0 Å². The van der Waals surface area contributed by atoms with Crippen LogP contribution in [-0.4, -0.2) is 12.7 Å². The normalized spacial score (nSPS) is 15.0. The van der Waals surface area contributed by atoms with Gasteiger partial charge in [-0.05, 0) is 24.2 Å². The quantitative estimate of drug-likeness (QED) is 0.633. The van der Waals surface area contributed by atoms with Crippen LogP contribution in [0.2, 0.25) is 0 Å². The Morgan fingerprint density at radius 2 is 1.69 bits per heavy atom. The van der Waals surface area contributed by atoms with E-state index in [1.807, 2.05) is 0 Å². The third kappa shape index (κ3) is 8.29.